The molecular weight excluding hydrogens is 280 g/mol. The highest BCUT2D eigenvalue weighted by atomic mass is 16.5. The first-order valence-corrected chi connectivity index (χ1v) is 9.57. The molecule has 0 N–H and O–H groups in total. The van der Waals surface area contributed by atoms with E-state index in [1.165, 1.54) is 44.1 Å². The Balaban J connectivity index is 1.45. The molecule has 1 heterocycles. The van der Waals surface area contributed by atoms with Gasteiger partial charge in [-0.1, -0.05) is 50.1 Å². The molecular formula is C22H32O. The van der Waals surface area contributed by atoms with E-state index in [1.54, 1.807) is 5.56 Å². The summed E-state index contributed by atoms with van der Waals surface area (Å²) < 4.78 is 5.96. The molecule has 0 bridgehead atoms. The van der Waals surface area contributed by atoms with Crippen LogP contribution in [0, 0.1) is 11.8 Å². The molecule has 0 aromatic heterocycles. The van der Waals surface area contributed by atoms with Crippen LogP contribution in [-0.4, -0.2) is 12.7 Å². The summed E-state index contributed by atoms with van der Waals surface area (Å²) in [6, 6.07) is 9.46. The Morgan fingerprint density at radius 3 is 2.39 bits per heavy atom. The summed E-state index contributed by atoms with van der Waals surface area (Å²) in [7, 11) is 0. The van der Waals surface area contributed by atoms with Gasteiger partial charge in [0.2, 0.25) is 0 Å². The number of rotatable bonds is 5. The second-order valence-electron chi connectivity index (χ2n) is 7.77. The average molecular weight is 312 g/mol. The van der Waals surface area contributed by atoms with Crippen LogP contribution < -0.4 is 0 Å². The highest BCUT2D eigenvalue weighted by molar-refractivity contribution is 5.26. The minimum atomic E-state index is 0.450. The smallest absolute Gasteiger partial charge is 0.0578 e. The van der Waals surface area contributed by atoms with Crippen LogP contribution in [0.3, 0.4) is 0 Å². The van der Waals surface area contributed by atoms with Crippen molar-refractivity contribution in [2.45, 2.75) is 70.3 Å². The molecule has 1 aromatic carbocycles. The lowest BCUT2D eigenvalue weighted by Gasteiger charge is -2.27. The third-order valence-electron chi connectivity index (χ3n) is 5.96. The molecule has 1 saturated carbocycles. The Morgan fingerprint density at radius 2 is 1.78 bits per heavy atom. The van der Waals surface area contributed by atoms with Crippen molar-refractivity contribution in [3.63, 3.8) is 0 Å². The molecule has 0 radical (unpaired) electrons. The van der Waals surface area contributed by atoms with E-state index in [-0.39, 0.29) is 0 Å². The zero-order valence-electron chi connectivity index (χ0n) is 14.7. The van der Waals surface area contributed by atoms with Gasteiger partial charge in [0.1, 0.15) is 0 Å². The minimum Gasteiger partial charge on any atom is -0.378 e. The van der Waals surface area contributed by atoms with E-state index >= 15 is 0 Å². The van der Waals surface area contributed by atoms with Gasteiger partial charge >= 0.3 is 0 Å². The number of benzene rings is 1. The lowest BCUT2D eigenvalue weighted by molar-refractivity contribution is -0.00779. The normalized spacial score (nSPS) is 31.7. The molecule has 1 saturated heterocycles. The maximum absolute atomic E-state index is 5.96. The van der Waals surface area contributed by atoms with Crippen molar-refractivity contribution in [1.82, 2.24) is 0 Å². The minimum absolute atomic E-state index is 0.450. The number of hydrogen-bond acceptors (Lipinski definition) is 1. The van der Waals surface area contributed by atoms with Gasteiger partial charge in [-0.05, 0) is 61.5 Å². The fraction of sp³-hybridized carbons (Fsp3) is 0.636. The standard InChI is InChI=1S/C22H32O/c1-3-18-8-14-22(23-16-18)15-9-19-6-12-21(13-7-19)20-10-4-17(2)5-11-20/h3,6-7,12-13,17-18,20,22H,1,4-5,8-11,14-16H2,2H3. The van der Waals surface area contributed by atoms with Gasteiger partial charge in [0.25, 0.3) is 0 Å². The van der Waals surface area contributed by atoms with Crippen LogP contribution in [0.1, 0.15) is 68.9 Å². The van der Waals surface area contributed by atoms with Crippen molar-refractivity contribution in [2.24, 2.45) is 11.8 Å². The van der Waals surface area contributed by atoms with Crippen molar-refractivity contribution >= 4 is 0 Å². The summed E-state index contributed by atoms with van der Waals surface area (Å²) in [5.41, 5.74) is 3.02. The van der Waals surface area contributed by atoms with E-state index in [1.807, 2.05) is 6.08 Å². The molecule has 1 nitrogen and oxygen atoms in total. The molecule has 2 atom stereocenters. The molecule has 1 heteroatoms. The van der Waals surface area contributed by atoms with Gasteiger partial charge in [0.15, 0.2) is 0 Å². The Kier molecular flexibility index (Phi) is 5.94. The third kappa shape index (κ3) is 4.70. The van der Waals surface area contributed by atoms with Crippen molar-refractivity contribution in [3.05, 3.63) is 48.0 Å². The van der Waals surface area contributed by atoms with Crippen molar-refractivity contribution in [2.75, 3.05) is 6.61 Å². The maximum atomic E-state index is 5.96. The van der Waals surface area contributed by atoms with Gasteiger partial charge < -0.3 is 4.74 Å². The Bertz CT molecular complexity index is 473. The van der Waals surface area contributed by atoms with E-state index in [0.29, 0.717) is 12.0 Å². The molecule has 0 amide bonds. The Labute approximate surface area is 142 Å². The predicted octanol–water partition coefficient (Wildman–Crippen LogP) is 5.89. The summed E-state index contributed by atoms with van der Waals surface area (Å²) in [6.45, 7) is 7.13. The summed E-state index contributed by atoms with van der Waals surface area (Å²) in [4.78, 5) is 0. The second kappa shape index (κ2) is 8.15. The zero-order valence-corrected chi connectivity index (χ0v) is 14.7. The Hall–Kier alpha value is -1.08. The molecule has 0 spiro atoms. The predicted molar refractivity (Wildman–Crippen MR) is 97.8 cm³/mol. The Morgan fingerprint density at radius 1 is 1.04 bits per heavy atom. The van der Waals surface area contributed by atoms with E-state index < -0.39 is 0 Å². The van der Waals surface area contributed by atoms with Crippen molar-refractivity contribution in [1.29, 1.82) is 0 Å². The third-order valence-corrected chi connectivity index (χ3v) is 5.96. The quantitative estimate of drug-likeness (QED) is 0.616. The van der Waals surface area contributed by atoms with E-state index in [0.717, 1.165) is 31.3 Å². The lowest BCUT2D eigenvalue weighted by atomic mass is 9.79. The summed E-state index contributed by atoms with van der Waals surface area (Å²) in [5, 5.41) is 0. The molecule has 1 aromatic rings. The molecule has 3 rings (SSSR count). The van der Waals surface area contributed by atoms with E-state index in [9.17, 15) is 0 Å². The first-order chi connectivity index (χ1) is 11.2. The monoisotopic (exact) mass is 312 g/mol. The van der Waals surface area contributed by atoms with Crippen LogP contribution in [0.4, 0.5) is 0 Å². The van der Waals surface area contributed by atoms with Crippen LogP contribution in [0.2, 0.25) is 0 Å². The van der Waals surface area contributed by atoms with Crippen LogP contribution in [0.25, 0.3) is 0 Å². The summed E-state index contributed by atoms with van der Waals surface area (Å²) in [5.74, 6) is 2.31. The van der Waals surface area contributed by atoms with Crippen molar-refractivity contribution in [3.8, 4) is 0 Å². The molecule has 2 unspecified atom stereocenters. The van der Waals surface area contributed by atoms with Crippen LogP contribution in [0.15, 0.2) is 36.9 Å². The van der Waals surface area contributed by atoms with Crippen LogP contribution >= 0.6 is 0 Å². The molecule has 23 heavy (non-hydrogen) atoms. The van der Waals surface area contributed by atoms with E-state index in [2.05, 4.69) is 37.8 Å². The fourth-order valence-corrected chi connectivity index (χ4v) is 4.12. The first kappa shape index (κ1) is 16.8. The van der Waals surface area contributed by atoms with Gasteiger partial charge in [0.05, 0.1) is 12.7 Å². The summed E-state index contributed by atoms with van der Waals surface area (Å²) >= 11 is 0. The second-order valence-corrected chi connectivity index (χ2v) is 7.77. The first-order valence-electron chi connectivity index (χ1n) is 9.57. The number of aryl methyl sites for hydroxylation is 1. The lowest BCUT2D eigenvalue weighted by Crippen LogP contribution is -2.25. The molecule has 2 aliphatic rings. The van der Waals surface area contributed by atoms with E-state index in [4.69, 9.17) is 4.74 Å². The largest absolute Gasteiger partial charge is 0.378 e. The van der Waals surface area contributed by atoms with Gasteiger partial charge in [-0.25, -0.2) is 0 Å². The fourth-order valence-electron chi connectivity index (χ4n) is 4.12. The van der Waals surface area contributed by atoms with Crippen molar-refractivity contribution < 1.29 is 4.74 Å². The molecule has 126 valence electrons. The SMILES string of the molecule is C=CC1CCC(CCc2ccc(C3CCC(C)CC3)cc2)OC1. The van der Waals surface area contributed by atoms with Crippen LogP contribution in [0.5, 0.6) is 0 Å². The molecule has 2 fully saturated rings. The maximum Gasteiger partial charge on any atom is 0.0578 e. The number of hydrogen-bond donors (Lipinski definition) is 0. The topological polar surface area (TPSA) is 9.23 Å². The van der Waals surface area contributed by atoms with Gasteiger partial charge in [-0.3, -0.25) is 0 Å². The highest BCUT2D eigenvalue weighted by Gasteiger charge is 2.21. The average Bonchev–Trinajstić information content (AvgIpc) is 2.61. The summed E-state index contributed by atoms with van der Waals surface area (Å²) in [6.07, 6.45) is 12.8. The van der Waals surface area contributed by atoms with Crippen LogP contribution in [-0.2, 0) is 11.2 Å². The highest BCUT2D eigenvalue weighted by Crippen LogP contribution is 2.35. The van der Waals surface area contributed by atoms with Gasteiger partial charge in [-0.2, -0.15) is 0 Å². The van der Waals surface area contributed by atoms with Gasteiger partial charge in [0, 0.05) is 5.92 Å². The molecule has 1 aliphatic carbocycles. The molecule has 1 aliphatic heterocycles. The number of ether oxygens (including phenoxy) is 1. The van der Waals surface area contributed by atoms with Gasteiger partial charge in [-0.15, -0.1) is 6.58 Å². The zero-order chi connectivity index (χ0) is 16.1.